The lowest BCUT2D eigenvalue weighted by atomic mass is 9.96. The molecule has 0 aromatic heterocycles. The molecule has 1 atom stereocenters. The van der Waals surface area contributed by atoms with Crippen LogP contribution in [0.25, 0.3) is 0 Å². The van der Waals surface area contributed by atoms with Crippen LogP contribution in [0.1, 0.15) is 72.6 Å². The van der Waals surface area contributed by atoms with E-state index >= 15 is 0 Å². The molecule has 0 heterocycles. The summed E-state index contributed by atoms with van der Waals surface area (Å²) in [6, 6.07) is 2.46. The predicted molar refractivity (Wildman–Crippen MR) is 79.4 cm³/mol. The molecule has 0 aliphatic heterocycles. The molecule has 0 saturated carbocycles. The van der Waals surface area contributed by atoms with Crippen molar-refractivity contribution in [2.45, 2.75) is 72.6 Å². The zero-order chi connectivity index (χ0) is 13.9. The van der Waals surface area contributed by atoms with Crippen LogP contribution in [0, 0.1) is 22.7 Å². The lowest BCUT2D eigenvalue weighted by Crippen LogP contribution is -2.27. The second-order valence-corrected chi connectivity index (χ2v) is 6.56. The monoisotopic (exact) mass is 252 g/mol. The van der Waals surface area contributed by atoms with Gasteiger partial charge in [0.05, 0.1) is 6.07 Å². The summed E-state index contributed by atoms with van der Waals surface area (Å²) in [6.07, 6.45) is 8.37. The average molecular weight is 252 g/mol. The van der Waals surface area contributed by atoms with Gasteiger partial charge in [0, 0.05) is 5.92 Å². The number of unbranched alkanes of at least 4 members (excludes halogenated alkanes) is 3. The van der Waals surface area contributed by atoms with Crippen molar-refractivity contribution in [2.75, 3.05) is 13.1 Å². The molecule has 0 aromatic carbocycles. The van der Waals surface area contributed by atoms with E-state index in [9.17, 15) is 0 Å². The molecular weight excluding hydrogens is 220 g/mol. The van der Waals surface area contributed by atoms with Gasteiger partial charge in [-0.2, -0.15) is 5.26 Å². The molecule has 0 radical (unpaired) electrons. The molecule has 0 fully saturated rings. The fraction of sp³-hybridized carbons (Fsp3) is 0.938. The van der Waals surface area contributed by atoms with Crippen molar-refractivity contribution in [3.63, 3.8) is 0 Å². The highest BCUT2D eigenvalue weighted by Crippen LogP contribution is 2.15. The van der Waals surface area contributed by atoms with Gasteiger partial charge in [-0.3, -0.25) is 0 Å². The zero-order valence-corrected chi connectivity index (χ0v) is 12.9. The third-order valence-electron chi connectivity index (χ3n) is 3.15. The fourth-order valence-corrected chi connectivity index (χ4v) is 2.03. The first kappa shape index (κ1) is 17.4. The molecule has 0 aromatic rings. The minimum atomic E-state index is 0.276. The van der Waals surface area contributed by atoms with E-state index in [1.165, 1.54) is 25.7 Å². The van der Waals surface area contributed by atoms with Crippen molar-refractivity contribution in [1.82, 2.24) is 5.32 Å². The van der Waals surface area contributed by atoms with Crippen molar-refractivity contribution >= 4 is 0 Å². The van der Waals surface area contributed by atoms with Crippen LogP contribution in [-0.2, 0) is 0 Å². The van der Waals surface area contributed by atoms with Crippen molar-refractivity contribution < 1.29 is 0 Å². The second kappa shape index (κ2) is 10.4. The molecule has 1 unspecified atom stereocenters. The van der Waals surface area contributed by atoms with Crippen molar-refractivity contribution in [3.05, 3.63) is 0 Å². The number of nitriles is 1. The Morgan fingerprint density at radius 1 is 1.06 bits per heavy atom. The lowest BCUT2D eigenvalue weighted by Gasteiger charge is -2.19. The van der Waals surface area contributed by atoms with Crippen LogP contribution in [0.2, 0.25) is 0 Å². The summed E-state index contributed by atoms with van der Waals surface area (Å²) in [7, 11) is 0. The molecule has 0 bridgehead atoms. The molecule has 0 aliphatic rings. The van der Waals surface area contributed by atoms with Gasteiger partial charge in [0.15, 0.2) is 0 Å². The van der Waals surface area contributed by atoms with Crippen LogP contribution >= 0.6 is 0 Å². The van der Waals surface area contributed by atoms with Gasteiger partial charge in [-0.05, 0) is 37.8 Å². The molecular formula is C16H32N2. The van der Waals surface area contributed by atoms with Gasteiger partial charge in [-0.15, -0.1) is 0 Å². The topological polar surface area (TPSA) is 35.8 Å². The number of nitrogens with one attached hydrogen (secondary N) is 1. The van der Waals surface area contributed by atoms with Crippen LogP contribution in [-0.4, -0.2) is 13.1 Å². The Kier molecular flexibility index (Phi) is 10.1. The van der Waals surface area contributed by atoms with Gasteiger partial charge < -0.3 is 5.32 Å². The number of nitrogens with zero attached hydrogens (tertiary/aromatic N) is 1. The molecule has 1 N–H and O–H groups in total. The number of hydrogen-bond acceptors (Lipinski definition) is 2. The van der Waals surface area contributed by atoms with Gasteiger partial charge in [-0.1, -0.05) is 53.4 Å². The third-order valence-corrected chi connectivity index (χ3v) is 3.15. The lowest BCUT2D eigenvalue weighted by molar-refractivity contribution is 0.374. The van der Waals surface area contributed by atoms with E-state index in [4.69, 9.17) is 5.26 Å². The summed E-state index contributed by atoms with van der Waals surface area (Å²) in [5.41, 5.74) is 0.356. The highest BCUT2D eigenvalue weighted by Gasteiger charge is 2.09. The van der Waals surface area contributed by atoms with Gasteiger partial charge in [-0.25, -0.2) is 0 Å². The fourth-order valence-electron chi connectivity index (χ4n) is 2.03. The van der Waals surface area contributed by atoms with Crippen molar-refractivity contribution in [1.29, 1.82) is 5.26 Å². The summed E-state index contributed by atoms with van der Waals surface area (Å²) in [4.78, 5) is 0. The highest BCUT2D eigenvalue weighted by molar-refractivity contribution is 4.82. The molecule has 0 spiro atoms. The van der Waals surface area contributed by atoms with Crippen molar-refractivity contribution in [2.24, 2.45) is 11.3 Å². The zero-order valence-electron chi connectivity index (χ0n) is 12.9. The first-order valence-electron chi connectivity index (χ1n) is 7.60. The summed E-state index contributed by atoms with van der Waals surface area (Å²) in [6.45, 7) is 11.1. The minimum absolute atomic E-state index is 0.276. The van der Waals surface area contributed by atoms with E-state index in [2.05, 4.69) is 39.1 Å². The SMILES string of the molecule is CCCCCCC(C#N)CCCNCC(C)(C)C. The largest absolute Gasteiger partial charge is 0.316 e. The Labute approximate surface area is 114 Å². The summed E-state index contributed by atoms with van der Waals surface area (Å²) >= 11 is 0. The Balaban J connectivity index is 3.48. The summed E-state index contributed by atoms with van der Waals surface area (Å²) in [5, 5.41) is 12.6. The van der Waals surface area contributed by atoms with Crippen LogP contribution < -0.4 is 5.32 Å². The van der Waals surface area contributed by atoms with Crippen LogP contribution in [0.4, 0.5) is 0 Å². The van der Waals surface area contributed by atoms with E-state index in [0.29, 0.717) is 5.41 Å². The van der Waals surface area contributed by atoms with Crippen LogP contribution in [0.15, 0.2) is 0 Å². The molecule has 2 nitrogen and oxygen atoms in total. The smallest absolute Gasteiger partial charge is 0.0655 e. The Morgan fingerprint density at radius 2 is 1.72 bits per heavy atom. The first-order chi connectivity index (χ1) is 8.49. The quantitative estimate of drug-likeness (QED) is 0.581. The molecule has 106 valence electrons. The maximum atomic E-state index is 9.10. The maximum absolute atomic E-state index is 9.10. The van der Waals surface area contributed by atoms with Gasteiger partial charge in [0.25, 0.3) is 0 Å². The van der Waals surface area contributed by atoms with Crippen molar-refractivity contribution in [3.8, 4) is 6.07 Å². The van der Waals surface area contributed by atoms with E-state index in [1.54, 1.807) is 0 Å². The first-order valence-corrected chi connectivity index (χ1v) is 7.60. The van der Waals surface area contributed by atoms with E-state index in [-0.39, 0.29) is 5.92 Å². The second-order valence-electron chi connectivity index (χ2n) is 6.56. The van der Waals surface area contributed by atoms with Crippen LogP contribution in [0.3, 0.4) is 0 Å². The summed E-state index contributed by atoms with van der Waals surface area (Å²) < 4.78 is 0. The van der Waals surface area contributed by atoms with Crippen LogP contribution in [0.5, 0.6) is 0 Å². The third kappa shape index (κ3) is 11.9. The molecule has 0 aliphatic carbocycles. The minimum Gasteiger partial charge on any atom is -0.316 e. The standard InChI is InChI=1S/C16H32N2/c1-5-6-7-8-10-15(13-17)11-9-12-18-14-16(2,3)4/h15,18H,5-12,14H2,1-4H3. The Morgan fingerprint density at radius 3 is 2.28 bits per heavy atom. The maximum Gasteiger partial charge on any atom is 0.0655 e. The number of rotatable bonds is 10. The summed E-state index contributed by atoms with van der Waals surface area (Å²) in [5.74, 6) is 0.276. The van der Waals surface area contributed by atoms with Gasteiger partial charge in [0.1, 0.15) is 0 Å². The molecule has 0 saturated heterocycles. The van der Waals surface area contributed by atoms with E-state index < -0.39 is 0 Å². The average Bonchev–Trinajstić information content (AvgIpc) is 2.30. The number of hydrogen-bond donors (Lipinski definition) is 1. The predicted octanol–water partition coefficient (Wildman–Crippen LogP) is 4.51. The molecule has 18 heavy (non-hydrogen) atoms. The van der Waals surface area contributed by atoms with Gasteiger partial charge >= 0.3 is 0 Å². The molecule has 0 amide bonds. The van der Waals surface area contributed by atoms with E-state index in [0.717, 1.165) is 32.4 Å². The normalized spacial score (nSPS) is 13.3. The Hall–Kier alpha value is -0.550. The molecule has 2 heteroatoms. The Bertz CT molecular complexity index is 222. The highest BCUT2D eigenvalue weighted by atomic mass is 14.9. The van der Waals surface area contributed by atoms with Gasteiger partial charge in [0.2, 0.25) is 0 Å². The molecule has 0 rings (SSSR count). The van der Waals surface area contributed by atoms with E-state index in [1.807, 2.05) is 0 Å².